The summed E-state index contributed by atoms with van der Waals surface area (Å²) in [7, 11) is 0. The van der Waals surface area contributed by atoms with Crippen LogP contribution < -0.4 is 0 Å². The summed E-state index contributed by atoms with van der Waals surface area (Å²) in [5.41, 5.74) is -0.257. The molecule has 0 fully saturated rings. The third-order valence-corrected chi connectivity index (χ3v) is 4.24. The quantitative estimate of drug-likeness (QED) is 0.446. The predicted octanol–water partition coefficient (Wildman–Crippen LogP) is 2.48. The molecule has 2 unspecified atom stereocenters. The minimum absolute atomic E-state index is 0.129. The summed E-state index contributed by atoms with van der Waals surface area (Å²) in [4.78, 5) is 0. The molecule has 0 aromatic carbocycles. The van der Waals surface area contributed by atoms with Crippen LogP contribution in [0.4, 0.5) is 0 Å². The van der Waals surface area contributed by atoms with Crippen LogP contribution in [0.15, 0.2) is 0 Å². The third kappa shape index (κ3) is 11.1. The second kappa shape index (κ2) is 9.78. The molecule has 0 spiro atoms. The first kappa shape index (κ1) is 20.8. The zero-order valence-corrected chi connectivity index (χ0v) is 14.3. The van der Waals surface area contributed by atoms with Crippen molar-refractivity contribution >= 4 is 0 Å². The van der Waals surface area contributed by atoms with E-state index < -0.39 is 0 Å². The summed E-state index contributed by atoms with van der Waals surface area (Å²) in [6.07, 6.45) is 4.50. The van der Waals surface area contributed by atoms with Crippen LogP contribution in [-0.4, -0.2) is 45.8 Å². The van der Waals surface area contributed by atoms with Gasteiger partial charge in [0, 0.05) is 13.2 Å². The second-order valence-electron chi connectivity index (χ2n) is 7.96. The third-order valence-electron chi connectivity index (χ3n) is 4.24. The van der Waals surface area contributed by atoms with Crippen molar-refractivity contribution in [2.75, 3.05) is 13.2 Å². The van der Waals surface area contributed by atoms with Gasteiger partial charge in [0.05, 0.1) is 12.2 Å². The van der Waals surface area contributed by atoms with E-state index in [2.05, 4.69) is 0 Å². The first-order valence-corrected chi connectivity index (χ1v) is 8.20. The Bertz CT molecular complexity index is 238. The van der Waals surface area contributed by atoms with Gasteiger partial charge in [0.2, 0.25) is 0 Å². The molecule has 4 heteroatoms. The van der Waals surface area contributed by atoms with Crippen LogP contribution in [0.1, 0.15) is 72.6 Å². The molecule has 0 aliphatic heterocycles. The van der Waals surface area contributed by atoms with E-state index in [1.54, 1.807) is 0 Å². The summed E-state index contributed by atoms with van der Waals surface area (Å²) < 4.78 is 0. The summed E-state index contributed by atoms with van der Waals surface area (Å²) in [6.45, 7) is 8.25. The molecule has 0 radical (unpaired) electrons. The van der Waals surface area contributed by atoms with E-state index in [0.29, 0.717) is 25.7 Å². The van der Waals surface area contributed by atoms with Gasteiger partial charge in [-0.25, -0.2) is 0 Å². The van der Waals surface area contributed by atoms with Gasteiger partial charge in [0.1, 0.15) is 0 Å². The Morgan fingerprint density at radius 3 is 1.29 bits per heavy atom. The molecule has 0 saturated heterocycles. The van der Waals surface area contributed by atoms with Crippen LogP contribution in [-0.2, 0) is 0 Å². The lowest BCUT2D eigenvalue weighted by Crippen LogP contribution is -2.21. The maximum atomic E-state index is 9.92. The standard InChI is InChI=1S/C17H36O4/c1-16(2,12-18)10-8-14(20)6-5-7-15(21)9-11-17(3,4)13-19/h14-15,18-21H,5-13H2,1-4H3. The Morgan fingerprint density at radius 2 is 1.00 bits per heavy atom. The molecule has 0 amide bonds. The lowest BCUT2D eigenvalue weighted by atomic mass is 9.86. The molecule has 0 aliphatic rings. The van der Waals surface area contributed by atoms with Crippen LogP contribution in [0.3, 0.4) is 0 Å². The lowest BCUT2D eigenvalue weighted by molar-refractivity contribution is 0.0865. The number of rotatable bonds is 12. The summed E-state index contributed by atoms with van der Waals surface area (Å²) >= 11 is 0. The highest BCUT2D eigenvalue weighted by Crippen LogP contribution is 2.25. The van der Waals surface area contributed by atoms with Gasteiger partial charge in [-0.1, -0.05) is 27.7 Å². The second-order valence-corrected chi connectivity index (χ2v) is 7.96. The molecule has 0 rings (SSSR count). The van der Waals surface area contributed by atoms with Gasteiger partial charge in [-0.2, -0.15) is 0 Å². The molecule has 0 aromatic rings. The van der Waals surface area contributed by atoms with Crippen molar-refractivity contribution in [2.45, 2.75) is 84.8 Å². The normalized spacial score (nSPS) is 16.0. The largest absolute Gasteiger partial charge is 0.396 e. The topological polar surface area (TPSA) is 80.9 Å². The molecule has 4 nitrogen and oxygen atoms in total. The number of hydrogen-bond acceptors (Lipinski definition) is 4. The van der Waals surface area contributed by atoms with E-state index in [1.165, 1.54) is 0 Å². The Morgan fingerprint density at radius 1 is 0.667 bits per heavy atom. The molecule has 0 aliphatic carbocycles. The van der Waals surface area contributed by atoms with Crippen LogP contribution in [0, 0.1) is 10.8 Å². The summed E-state index contributed by atoms with van der Waals surface area (Å²) in [5, 5.41) is 38.2. The molecule has 0 heterocycles. The Labute approximate surface area is 130 Å². The molecule has 2 atom stereocenters. The van der Waals surface area contributed by atoms with Gasteiger partial charge in [0.25, 0.3) is 0 Å². The van der Waals surface area contributed by atoms with Crippen LogP contribution in [0.5, 0.6) is 0 Å². The summed E-state index contributed by atoms with van der Waals surface area (Å²) in [6, 6.07) is 0. The first-order valence-electron chi connectivity index (χ1n) is 8.20. The molecule has 0 aromatic heterocycles. The Balaban J connectivity index is 3.73. The SMILES string of the molecule is CC(C)(CO)CCC(O)CCCC(O)CCC(C)(C)CO. The van der Waals surface area contributed by atoms with Crippen LogP contribution in [0.2, 0.25) is 0 Å². The number of aliphatic hydroxyl groups is 4. The zero-order valence-electron chi connectivity index (χ0n) is 14.3. The van der Waals surface area contributed by atoms with E-state index >= 15 is 0 Å². The fourth-order valence-corrected chi connectivity index (χ4v) is 2.15. The highest BCUT2D eigenvalue weighted by Gasteiger charge is 2.20. The van der Waals surface area contributed by atoms with Crippen LogP contribution in [0.25, 0.3) is 0 Å². The van der Waals surface area contributed by atoms with Crippen molar-refractivity contribution in [2.24, 2.45) is 10.8 Å². The van der Waals surface area contributed by atoms with Gasteiger partial charge in [-0.05, 0) is 55.8 Å². The predicted molar refractivity (Wildman–Crippen MR) is 86.1 cm³/mol. The fourth-order valence-electron chi connectivity index (χ4n) is 2.15. The minimum Gasteiger partial charge on any atom is -0.396 e. The van der Waals surface area contributed by atoms with Gasteiger partial charge >= 0.3 is 0 Å². The van der Waals surface area contributed by atoms with E-state index in [9.17, 15) is 10.2 Å². The van der Waals surface area contributed by atoms with Crippen molar-refractivity contribution in [3.05, 3.63) is 0 Å². The first-order chi connectivity index (χ1) is 9.62. The average Bonchev–Trinajstić information content (AvgIpc) is 2.43. The van der Waals surface area contributed by atoms with Crippen molar-refractivity contribution in [3.63, 3.8) is 0 Å². The average molecular weight is 304 g/mol. The molecular weight excluding hydrogens is 268 g/mol. The van der Waals surface area contributed by atoms with E-state index in [1.807, 2.05) is 27.7 Å². The van der Waals surface area contributed by atoms with Gasteiger partial charge in [0.15, 0.2) is 0 Å². The fraction of sp³-hybridized carbons (Fsp3) is 1.00. The minimum atomic E-state index is -0.350. The monoisotopic (exact) mass is 304 g/mol. The smallest absolute Gasteiger partial charge is 0.0540 e. The maximum Gasteiger partial charge on any atom is 0.0540 e. The van der Waals surface area contributed by atoms with Gasteiger partial charge in [-0.15, -0.1) is 0 Å². The molecule has 128 valence electrons. The van der Waals surface area contributed by atoms with E-state index in [4.69, 9.17) is 10.2 Å². The lowest BCUT2D eigenvalue weighted by Gasteiger charge is -2.24. The van der Waals surface area contributed by atoms with Crippen molar-refractivity contribution in [1.82, 2.24) is 0 Å². The van der Waals surface area contributed by atoms with Crippen molar-refractivity contribution in [1.29, 1.82) is 0 Å². The molecule has 21 heavy (non-hydrogen) atoms. The molecule has 4 N–H and O–H groups in total. The Hall–Kier alpha value is -0.160. The highest BCUT2D eigenvalue weighted by atomic mass is 16.3. The van der Waals surface area contributed by atoms with Crippen molar-refractivity contribution in [3.8, 4) is 0 Å². The maximum absolute atomic E-state index is 9.92. The summed E-state index contributed by atoms with van der Waals surface area (Å²) in [5.74, 6) is 0. The number of aliphatic hydroxyl groups excluding tert-OH is 4. The molecule has 0 saturated carbocycles. The van der Waals surface area contributed by atoms with Crippen LogP contribution >= 0.6 is 0 Å². The van der Waals surface area contributed by atoms with Gasteiger partial charge < -0.3 is 20.4 Å². The molecule has 0 bridgehead atoms. The van der Waals surface area contributed by atoms with Gasteiger partial charge in [-0.3, -0.25) is 0 Å². The number of hydrogen-bond donors (Lipinski definition) is 4. The van der Waals surface area contributed by atoms with E-state index in [0.717, 1.165) is 19.3 Å². The Kier molecular flexibility index (Phi) is 9.70. The highest BCUT2D eigenvalue weighted by molar-refractivity contribution is 4.71. The zero-order chi connectivity index (χ0) is 16.5. The van der Waals surface area contributed by atoms with E-state index in [-0.39, 0.29) is 36.3 Å². The molecular formula is C17H36O4. The van der Waals surface area contributed by atoms with Crippen molar-refractivity contribution < 1.29 is 20.4 Å².